The van der Waals surface area contributed by atoms with E-state index in [1.54, 1.807) is 7.11 Å². The second-order valence-corrected chi connectivity index (χ2v) is 5.82. The highest BCUT2D eigenvalue weighted by molar-refractivity contribution is 5.39. The van der Waals surface area contributed by atoms with Crippen molar-refractivity contribution < 1.29 is 4.74 Å². The number of hydrogen-bond acceptors (Lipinski definition) is 4. The second kappa shape index (κ2) is 7.78. The molecule has 0 radical (unpaired) electrons. The molecule has 0 spiro atoms. The van der Waals surface area contributed by atoms with Crippen molar-refractivity contribution in [2.24, 2.45) is 0 Å². The summed E-state index contributed by atoms with van der Waals surface area (Å²) in [7, 11) is 3.79. The Morgan fingerprint density at radius 2 is 1.86 bits per heavy atom. The van der Waals surface area contributed by atoms with Crippen molar-refractivity contribution in [3.05, 3.63) is 29.3 Å². The van der Waals surface area contributed by atoms with E-state index in [4.69, 9.17) is 4.74 Å². The van der Waals surface area contributed by atoms with Gasteiger partial charge in [0.25, 0.3) is 0 Å². The maximum atomic E-state index is 5.54. The average Bonchev–Trinajstić information content (AvgIpc) is 2.53. The van der Waals surface area contributed by atoms with Crippen molar-refractivity contribution in [2.75, 3.05) is 53.4 Å². The van der Waals surface area contributed by atoms with E-state index in [0.29, 0.717) is 6.04 Å². The Bertz CT molecular complexity index is 442. The van der Waals surface area contributed by atoms with Crippen LogP contribution in [0, 0.1) is 6.92 Å². The molecule has 1 fully saturated rings. The first-order valence-corrected chi connectivity index (χ1v) is 7.94. The number of hydrogen-bond donors (Lipinski definition) is 1. The third-order valence-electron chi connectivity index (χ3n) is 4.46. The molecule has 1 N–H and O–H groups in total. The van der Waals surface area contributed by atoms with E-state index in [2.05, 4.69) is 47.2 Å². The molecule has 1 aromatic carbocycles. The smallest absolute Gasteiger partial charge is 0.123 e. The van der Waals surface area contributed by atoms with Gasteiger partial charge < -0.3 is 15.0 Å². The largest absolute Gasteiger partial charge is 0.496 e. The molecular weight excluding hydrogens is 262 g/mol. The SMILES string of the molecule is CCN1CCN(CC(NC)c2cc(C)ccc2OC)CC1. The maximum absolute atomic E-state index is 5.54. The number of ether oxygens (including phenoxy) is 1. The van der Waals surface area contributed by atoms with Crippen molar-refractivity contribution in [3.63, 3.8) is 0 Å². The van der Waals surface area contributed by atoms with Crippen LogP contribution >= 0.6 is 0 Å². The number of benzene rings is 1. The summed E-state index contributed by atoms with van der Waals surface area (Å²) >= 11 is 0. The molecule has 1 aliphatic rings. The van der Waals surface area contributed by atoms with Crippen LogP contribution < -0.4 is 10.1 Å². The third-order valence-corrected chi connectivity index (χ3v) is 4.46. The van der Waals surface area contributed by atoms with E-state index in [1.807, 2.05) is 7.05 Å². The van der Waals surface area contributed by atoms with Gasteiger partial charge in [-0.15, -0.1) is 0 Å². The Balaban J connectivity index is 2.05. The van der Waals surface area contributed by atoms with Gasteiger partial charge in [-0.3, -0.25) is 4.90 Å². The van der Waals surface area contributed by atoms with Crippen molar-refractivity contribution in [1.82, 2.24) is 15.1 Å². The molecule has 21 heavy (non-hydrogen) atoms. The lowest BCUT2D eigenvalue weighted by atomic mass is 10.0. The number of nitrogens with one attached hydrogen (secondary N) is 1. The lowest BCUT2D eigenvalue weighted by molar-refractivity contribution is 0.128. The van der Waals surface area contributed by atoms with Gasteiger partial charge in [0.15, 0.2) is 0 Å². The maximum Gasteiger partial charge on any atom is 0.123 e. The minimum absolute atomic E-state index is 0.313. The monoisotopic (exact) mass is 291 g/mol. The summed E-state index contributed by atoms with van der Waals surface area (Å²) < 4.78 is 5.54. The van der Waals surface area contributed by atoms with E-state index in [9.17, 15) is 0 Å². The summed E-state index contributed by atoms with van der Waals surface area (Å²) in [6.45, 7) is 11.2. The molecule has 1 heterocycles. The third kappa shape index (κ3) is 4.19. The van der Waals surface area contributed by atoms with E-state index < -0.39 is 0 Å². The molecule has 4 nitrogen and oxygen atoms in total. The molecule has 0 amide bonds. The molecule has 118 valence electrons. The highest BCUT2D eigenvalue weighted by Gasteiger charge is 2.21. The molecule has 0 aliphatic carbocycles. The van der Waals surface area contributed by atoms with Crippen molar-refractivity contribution >= 4 is 0 Å². The van der Waals surface area contributed by atoms with Crippen LogP contribution in [0.4, 0.5) is 0 Å². The Morgan fingerprint density at radius 1 is 1.19 bits per heavy atom. The zero-order chi connectivity index (χ0) is 15.2. The Hall–Kier alpha value is -1.10. The number of aryl methyl sites for hydroxylation is 1. The van der Waals surface area contributed by atoms with E-state index in [0.717, 1.165) is 31.9 Å². The fourth-order valence-corrected chi connectivity index (χ4v) is 3.02. The number of likely N-dealkylation sites (N-methyl/N-ethyl adjacent to an activating group) is 2. The first kappa shape index (κ1) is 16.3. The first-order valence-electron chi connectivity index (χ1n) is 7.94. The van der Waals surface area contributed by atoms with E-state index in [1.165, 1.54) is 24.2 Å². The van der Waals surface area contributed by atoms with Crippen LogP contribution in [0.1, 0.15) is 24.1 Å². The van der Waals surface area contributed by atoms with Gasteiger partial charge in [-0.25, -0.2) is 0 Å². The number of nitrogens with zero attached hydrogens (tertiary/aromatic N) is 2. The van der Waals surface area contributed by atoms with Gasteiger partial charge in [0.2, 0.25) is 0 Å². The van der Waals surface area contributed by atoms with Gasteiger partial charge in [0.1, 0.15) is 5.75 Å². The second-order valence-electron chi connectivity index (χ2n) is 5.82. The number of piperazine rings is 1. The molecule has 1 aromatic rings. The van der Waals surface area contributed by atoms with Crippen LogP contribution in [0.25, 0.3) is 0 Å². The summed E-state index contributed by atoms with van der Waals surface area (Å²) in [5, 5.41) is 3.46. The van der Waals surface area contributed by atoms with Crippen LogP contribution in [-0.4, -0.2) is 63.2 Å². The molecule has 4 heteroatoms. The topological polar surface area (TPSA) is 27.7 Å². The summed E-state index contributed by atoms with van der Waals surface area (Å²) in [5.41, 5.74) is 2.54. The van der Waals surface area contributed by atoms with Gasteiger partial charge in [-0.2, -0.15) is 0 Å². The summed E-state index contributed by atoms with van der Waals surface area (Å²) in [6.07, 6.45) is 0. The lowest BCUT2D eigenvalue weighted by Gasteiger charge is -2.36. The van der Waals surface area contributed by atoms with Crippen molar-refractivity contribution in [1.29, 1.82) is 0 Å². The van der Waals surface area contributed by atoms with E-state index in [-0.39, 0.29) is 0 Å². The minimum Gasteiger partial charge on any atom is -0.496 e. The Kier molecular flexibility index (Phi) is 6.03. The Morgan fingerprint density at radius 3 is 2.43 bits per heavy atom. The average molecular weight is 291 g/mol. The van der Waals surface area contributed by atoms with E-state index >= 15 is 0 Å². The van der Waals surface area contributed by atoms with Crippen molar-refractivity contribution in [2.45, 2.75) is 19.9 Å². The molecule has 2 rings (SSSR count). The standard InChI is InChI=1S/C17H29N3O/c1-5-19-8-10-20(11-9-19)13-16(18-3)15-12-14(2)6-7-17(15)21-4/h6-7,12,16,18H,5,8-11,13H2,1-4H3. The van der Waals surface area contributed by atoms with Crippen LogP contribution in [0.15, 0.2) is 18.2 Å². The fourth-order valence-electron chi connectivity index (χ4n) is 3.02. The fraction of sp³-hybridized carbons (Fsp3) is 0.647. The summed E-state index contributed by atoms with van der Waals surface area (Å²) in [6, 6.07) is 6.73. The van der Waals surface area contributed by atoms with Gasteiger partial charge in [0.05, 0.1) is 7.11 Å². The summed E-state index contributed by atoms with van der Waals surface area (Å²) in [5.74, 6) is 0.979. The van der Waals surface area contributed by atoms with Crippen molar-refractivity contribution in [3.8, 4) is 5.75 Å². The quantitative estimate of drug-likeness (QED) is 0.866. The molecule has 0 aromatic heterocycles. The molecule has 1 unspecified atom stereocenters. The molecule has 0 bridgehead atoms. The van der Waals surface area contributed by atoms with Gasteiger partial charge in [-0.1, -0.05) is 24.6 Å². The highest BCUT2D eigenvalue weighted by atomic mass is 16.5. The van der Waals surface area contributed by atoms with Crippen LogP contribution in [0.5, 0.6) is 5.75 Å². The summed E-state index contributed by atoms with van der Waals surface area (Å²) in [4.78, 5) is 5.06. The van der Waals surface area contributed by atoms with Crippen LogP contribution in [0.2, 0.25) is 0 Å². The number of rotatable bonds is 6. The molecular formula is C17H29N3O. The van der Waals surface area contributed by atoms with Crippen LogP contribution in [0.3, 0.4) is 0 Å². The zero-order valence-electron chi connectivity index (χ0n) is 13.9. The number of methoxy groups -OCH3 is 1. The molecule has 0 saturated carbocycles. The minimum atomic E-state index is 0.313. The van der Waals surface area contributed by atoms with Gasteiger partial charge in [0, 0.05) is 44.3 Å². The lowest BCUT2D eigenvalue weighted by Crippen LogP contribution is -2.48. The molecule has 1 aliphatic heterocycles. The molecule has 1 atom stereocenters. The predicted molar refractivity (Wildman–Crippen MR) is 88.1 cm³/mol. The van der Waals surface area contributed by atoms with Crippen LogP contribution in [-0.2, 0) is 0 Å². The molecule has 1 saturated heterocycles. The Labute approximate surface area is 129 Å². The van der Waals surface area contributed by atoms with Gasteiger partial charge >= 0.3 is 0 Å². The normalized spacial score (nSPS) is 18.7. The first-order chi connectivity index (χ1) is 10.2. The zero-order valence-corrected chi connectivity index (χ0v) is 13.9. The van der Waals surface area contributed by atoms with Gasteiger partial charge in [-0.05, 0) is 26.6 Å². The highest BCUT2D eigenvalue weighted by Crippen LogP contribution is 2.27. The predicted octanol–water partition coefficient (Wildman–Crippen LogP) is 1.90.